The van der Waals surface area contributed by atoms with Crippen LogP contribution >= 0.6 is 11.3 Å². The van der Waals surface area contributed by atoms with Crippen LogP contribution in [0.25, 0.3) is 0 Å². The Morgan fingerprint density at radius 2 is 1.76 bits per heavy atom. The van der Waals surface area contributed by atoms with E-state index in [1.165, 1.54) is 9.80 Å². The molecule has 1 aromatic rings. The summed E-state index contributed by atoms with van der Waals surface area (Å²) in [6.45, 7) is 10.1. The van der Waals surface area contributed by atoms with Crippen molar-refractivity contribution in [3.8, 4) is 11.8 Å². The van der Waals surface area contributed by atoms with Gasteiger partial charge in [-0.3, -0.25) is 9.69 Å². The number of likely N-dealkylation sites (tertiary alicyclic amines) is 2. The molecule has 3 fully saturated rings. The summed E-state index contributed by atoms with van der Waals surface area (Å²) in [5.41, 5.74) is 4.57. The van der Waals surface area contributed by atoms with Crippen LogP contribution in [0.15, 0.2) is 6.07 Å². The number of carbonyl (C=O) groups is 4. The summed E-state index contributed by atoms with van der Waals surface area (Å²) in [5.74, 6) is 5.05. The van der Waals surface area contributed by atoms with Crippen LogP contribution in [-0.2, 0) is 15.1 Å². The predicted molar refractivity (Wildman–Crippen MR) is 154 cm³/mol. The minimum Gasteiger partial charge on any atom is -0.477 e. The van der Waals surface area contributed by atoms with Gasteiger partial charge in [0.25, 0.3) is 0 Å². The number of nitrogens with zero attached hydrogens (tertiary/aromatic N) is 2. The lowest BCUT2D eigenvalue weighted by Crippen LogP contribution is -2.57. The van der Waals surface area contributed by atoms with Gasteiger partial charge in [0.15, 0.2) is 5.78 Å². The summed E-state index contributed by atoms with van der Waals surface area (Å²) in [6.07, 6.45) is 1.80. The molecule has 4 rings (SSSR count). The van der Waals surface area contributed by atoms with E-state index < -0.39 is 35.3 Å². The molecule has 224 valence electrons. The maximum absolute atomic E-state index is 14.2. The van der Waals surface area contributed by atoms with Gasteiger partial charge in [-0.2, -0.15) is 0 Å². The number of thiophene rings is 1. The molecule has 0 radical (unpaired) electrons. The summed E-state index contributed by atoms with van der Waals surface area (Å²) < 4.78 is 5.87. The Balaban J connectivity index is 1.72. The zero-order chi connectivity index (χ0) is 30.3. The third-order valence-corrected chi connectivity index (χ3v) is 9.56. The zero-order valence-electron chi connectivity index (χ0n) is 24.5. The highest BCUT2D eigenvalue weighted by atomic mass is 32.1. The van der Waals surface area contributed by atoms with E-state index in [1.807, 2.05) is 20.8 Å². The van der Waals surface area contributed by atoms with Gasteiger partial charge in [-0.15, -0.1) is 11.3 Å². The average Bonchev–Trinajstić information content (AvgIpc) is 3.58. The van der Waals surface area contributed by atoms with E-state index in [0.717, 1.165) is 24.2 Å². The molecule has 1 aliphatic carbocycles. The van der Waals surface area contributed by atoms with Crippen LogP contribution in [0.2, 0.25) is 0 Å². The van der Waals surface area contributed by atoms with Crippen molar-refractivity contribution in [1.82, 2.24) is 9.80 Å². The molecule has 11 heteroatoms. The second-order valence-electron chi connectivity index (χ2n) is 13.2. The lowest BCUT2D eigenvalue weighted by molar-refractivity contribution is -0.130. The third kappa shape index (κ3) is 6.54. The van der Waals surface area contributed by atoms with Gasteiger partial charge in [0.1, 0.15) is 16.5 Å². The molecular weight excluding hydrogens is 546 g/mol. The predicted octanol–water partition coefficient (Wildman–Crippen LogP) is 4.75. The zero-order valence-corrected chi connectivity index (χ0v) is 25.3. The molecule has 0 bridgehead atoms. The number of hydrogen-bond acceptors (Lipinski definition) is 7. The Hall–Kier alpha value is -3.10. The van der Waals surface area contributed by atoms with Crippen molar-refractivity contribution in [3.63, 3.8) is 0 Å². The molecule has 4 N–H and O–H groups in total. The number of nitrogens with two attached hydrogens (primary N) is 1. The van der Waals surface area contributed by atoms with Crippen molar-refractivity contribution in [2.75, 3.05) is 19.6 Å². The van der Waals surface area contributed by atoms with E-state index in [4.69, 9.17) is 10.5 Å². The maximum atomic E-state index is 14.2. The van der Waals surface area contributed by atoms with Crippen molar-refractivity contribution in [1.29, 1.82) is 0 Å². The third-order valence-electron chi connectivity index (χ3n) is 8.52. The standard InChI is InChI=1S/C30H41N3O7S/c1-18-6-8-19(9-7-18)22(34)24-30(31,21-16-20(10-11-28(2,3)4)41-23(21)25(35)36)13-15-33(24)27(39)40-29(5)12-14-32(17-29)26(37)38/h16,18-19,24H,6-9,12-15,17,31H2,1-5H3,(H,35,36)(H,37,38)/t18-,19-,24?,29?,30-/m0/s1. The molecule has 1 saturated carbocycles. The normalized spacial score (nSPS) is 30.0. The van der Waals surface area contributed by atoms with Crippen LogP contribution in [-0.4, -0.2) is 75.2 Å². The molecule has 10 nitrogen and oxygen atoms in total. The first-order valence-corrected chi connectivity index (χ1v) is 15.1. The van der Waals surface area contributed by atoms with Crippen molar-refractivity contribution >= 4 is 35.3 Å². The van der Waals surface area contributed by atoms with E-state index >= 15 is 0 Å². The van der Waals surface area contributed by atoms with Crippen LogP contribution in [0.5, 0.6) is 0 Å². The van der Waals surface area contributed by atoms with Gasteiger partial charge in [-0.1, -0.05) is 31.6 Å². The molecule has 0 spiro atoms. The van der Waals surface area contributed by atoms with Crippen LogP contribution in [0.4, 0.5) is 9.59 Å². The van der Waals surface area contributed by atoms with Gasteiger partial charge in [0, 0.05) is 36.4 Å². The minimum absolute atomic E-state index is 0.0100. The number of Topliss-reactive ketones (excluding diaryl/α,β-unsaturated/α-hetero) is 1. The molecule has 2 amide bonds. The van der Waals surface area contributed by atoms with Gasteiger partial charge in [0.05, 0.1) is 17.0 Å². The van der Waals surface area contributed by atoms with Crippen LogP contribution in [0.1, 0.15) is 93.3 Å². The first-order chi connectivity index (χ1) is 19.0. The lowest BCUT2D eigenvalue weighted by atomic mass is 9.74. The highest BCUT2D eigenvalue weighted by Crippen LogP contribution is 2.44. The smallest absolute Gasteiger partial charge is 0.411 e. The van der Waals surface area contributed by atoms with Gasteiger partial charge >= 0.3 is 18.2 Å². The highest BCUT2D eigenvalue weighted by molar-refractivity contribution is 7.14. The molecule has 3 atom stereocenters. The summed E-state index contributed by atoms with van der Waals surface area (Å²) in [4.78, 5) is 54.8. The number of ketones is 1. The lowest BCUT2D eigenvalue weighted by Gasteiger charge is -2.38. The number of carbonyl (C=O) groups excluding carboxylic acids is 2. The first kappa shape index (κ1) is 30.8. The fourth-order valence-corrected chi connectivity index (χ4v) is 7.10. The van der Waals surface area contributed by atoms with E-state index in [9.17, 15) is 29.4 Å². The minimum atomic E-state index is -1.45. The number of carboxylic acid groups (broad SMARTS) is 2. The second kappa shape index (κ2) is 11.3. The molecule has 0 aromatic carbocycles. The summed E-state index contributed by atoms with van der Waals surface area (Å²) in [7, 11) is 0. The Bertz CT molecular complexity index is 1280. The molecule has 2 aliphatic heterocycles. The maximum Gasteiger partial charge on any atom is 0.411 e. The molecule has 1 aromatic heterocycles. The fourth-order valence-electron chi connectivity index (χ4n) is 6.16. The number of amides is 2. The first-order valence-electron chi connectivity index (χ1n) is 14.2. The van der Waals surface area contributed by atoms with Crippen molar-refractivity contribution in [3.05, 3.63) is 21.4 Å². The quantitative estimate of drug-likeness (QED) is 0.418. The van der Waals surface area contributed by atoms with Gasteiger partial charge in [-0.25, -0.2) is 14.4 Å². The van der Waals surface area contributed by atoms with E-state index in [-0.39, 0.29) is 48.0 Å². The molecular formula is C30H41N3O7S. The van der Waals surface area contributed by atoms with E-state index in [0.29, 0.717) is 35.6 Å². The summed E-state index contributed by atoms with van der Waals surface area (Å²) in [6, 6.07) is 0.540. The highest BCUT2D eigenvalue weighted by Gasteiger charge is 2.56. The van der Waals surface area contributed by atoms with Crippen LogP contribution < -0.4 is 5.73 Å². The molecule has 3 heterocycles. The second-order valence-corrected chi connectivity index (χ2v) is 14.2. The summed E-state index contributed by atoms with van der Waals surface area (Å²) in [5, 5.41) is 19.5. The van der Waals surface area contributed by atoms with Crippen LogP contribution in [0, 0.1) is 29.1 Å². The Labute approximate surface area is 245 Å². The summed E-state index contributed by atoms with van der Waals surface area (Å²) >= 11 is 1.02. The Kier molecular flexibility index (Phi) is 8.50. The number of ether oxygens (including phenoxy) is 1. The van der Waals surface area contributed by atoms with Crippen LogP contribution in [0.3, 0.4) is 0 Å². The molecule has 2 saturated heterocycles. The van der Waals surface area contributed by atoms with E-state index in [1.54, 1.807) is 13.0 Å². The monoisotopic (exact) mass is 587 g/mol. The average molecular weight is 588 g/mol. The van der Waals surface area contributed by atoms with Gasteiger partial charge < -0.3 is 25.6 Å². The van der Waals surface area contributed by atoms with Crippen molar-refractivity contribution in [2.45, 2.75) is 90.3 Å². The molecule has 2 unspecified atom stereocenters. The fraction of sp³-hybridized carbons (Fsp3) is 0.667. The SMILES string of the molecule is CC(C)(C)C#Cc1cc([C@@]2(N)CCN(C(=O)OC3(C)CCN(C(=O)O)C3)C2C(=O)[C@H]2CC[C@H](C)CC2)c(C(=O)O)s1. The van der Waals surface area contributed by atoms with Crippen molar-refractivity contribution in [2.24, 2.45) is 23.0 Å². The largest absolute Gasteiger partial charge is 0.477 e. The number of carboxylic acids is 1. The number of hydrogen-bond donors (Lipinski definition) is 3. The number of rotatable bonds is 5. The van der Waals surface area contributed by atoms with E-state index in [2.05, 4.69) is 18.8 Å². The molecule has 41 heavy (non-hydrogen) atoms. The number of aromatic carboxylic acids is 1. The van der Waals surface area contributed by atoms with Crippen molar-refractivity contribution < 1.29 is 34.1 Å². The Morgan fingerprint density at radius 1 is 1.10 bits per heavy atom. The topological polar surface area (TPSA) is 150 Å². The van der Waals surface area contributed by atoms with Gasteiger partial charge in [0.2, 0.25) is 0 Å². The Morgan fingerprint density at radius 3 is 2.32 bits per heavy atom. The molecule has 3 aliphatic rings. The van der Waals surface area contributed by atoms with Gasteiger partial charge in [-0.05, 0) is 58.9 Å².